The molecule has 1 aliphatic rings. The van der Waals surface area contributed by atoms with E-state index in [2.05, 4.69) is 9.84 Å². The molecule has 2 rings (SSSR count). The third-order valence-corrected chi connectivity index (χ3v) is 3.30. The first-order valence-corrected chi connectivity index (χ1v) is 6.58. The first-order valence-electron chi connectivity index (χ1n) is 6.58. The second-order valence-electron chi connectivity index (χ2n) is 4.83. The van der Waals surface area contributed by atoms with Gasteiger partial charge in [-0.25, -0.2) is 0 Å². The third kappa shape index (κ3) is 3.45. The first kappa shape index (κ1) is 18.5. The van der Waals surface area contributed by atoms with Gasteiger partial charge >= 0.3 is 6.18 Å². The van der Waals surface area contributed by atoms with Gasteiger partial charge in [0.15, 0.2) is 5.69 Å². The molecule has 1 aromatic rings. The number of aromatic nitrogens is 2. The fourth-order valence-corrected chi connectivity index (χ4v) is 2.16. The smallest absolute Gasteiger partial charge is 0.385 e. The largest absolute Gasteiger partial charge is 0.435 e. The van der Waals surface area contributed by atoms with Gasteiger partial charge in [-0.3, -0.25) is 4.68 Å². The molecule has 1 aromatic heterocycles. The topological polar surface area (TPSA) is 44.1 Å². The zero-order valence-electron chi connectivity index (χ0n) is 12.4. The fraction of sp³-hybridized carbons (Fsp3) is 0.692. The second kappa shape index (κ2) is 6.72. The number of ether oxygens (including phenoxy) is 1. The molecule has 0 saturated carbocycles. The van der Waals surface area contributed by atoms with E-state index in [4.69, 9.17) is 0 Å². The van der Waals surface area contributed by atoms with Crippen LogP contribution in [-0.2, 0) is 34.6 Å². The van der Waals surface area contributed by atoms with Crippen molar-refractivity contribution in [2.75, 3.05) is 13.7 Å². The van der Waals surface area contributed by atoms with Crippen LogP contribution < -0.4 is 0 Å². The number of hydrogen-bond acceptors (Lipinski definition) is 3. The highest BCUT2D eigenvalue weighted by Crippen LogP contribution is 2.49. The van der Waals surface area contributed by atoms with Crippen LogP contribution in [-0.4, -0.2) is 29.8 Å². The van der Waals surface area contributed by atoms with E-state index in [1.165, 1.54) is 6.92 Å². The number of halogens is 5. The van der Waals surface area contributed by atoms with Crippen LogP contribution in [0.15, 0.2) is 0 Å². The van der Waals surface area contributed by atoms with Crippen LogP contribution in [0, 0.1) is 5.92 Å². The Balaban J connectivity index is 0.000000541. The van der Waals surface area contributed by atoms with Crippen LogP contribution in [0.5, 0.6) is 0 Å². The highest BCUT2D eigenvalue weighted by molar-refractivity contribution is 5.50. The maximum absolute atomic E-state index is 13.8. The molecule has 0 amide bonds. The molecule has 1 heterocycles. The highest BCUT2D eigenvalue weighted by atomic mass is 19.4. The summed E-state index contributed by atoms with van der Waals surface area (Å²) < 4.78 is 70.5. The minimum absolute atomic E-state index is 0.243. The van der Waals surface area contributed by atoms with Gasteiger partial charge in [0.05, 0.1) is 6.54 Å². The van der Waals surface area contributed by atoms with Gasteiger partial charge in [-0.05, 0) is 13.3 Å². The Kier molecular flexibility index (Phi) is 5.66. The lowest BCUT2D eigenvalue weighted by Crippen LogP contribution is -2.23. The Hall–Kier alpha value is -1.51. The molecule has 0 bridgehead atoms. The lowest BCUT2D eigenvalue weighted by atomic mass is 10.1. The number of hydrogen-bond donors (Lipinski definition) is 0. The normalized spacial score (nSPS) is 19.4. The second-order valence-corrected chi connectivity index (χ2v) is 4.83. The van der Waals surface area contributed by atoms with Crippen LogP contribution in [0.3, 0.4) is 0 Å². The maximum atomic E-state index is 13.8. The van der Waals surface area contributed by atoms with Gasteiger partial charge < -0.3 is 9.53 Å². The minimum atomic E-state index is -4.79. The van der Waals surface area contributed by atoms with Gasteiger partial charge in [-0.15, -0.1) is 0 Å². The SMILES string of the molecule is CC1Cc2c(C(F)(F)F)nn(CC=O)c2C1(F)F.CCOC. The lowest BCUT2D eigenvalue weighted by Gasteiger charge is -2.17. The van der Waals surface area contributed by atoms with E-state index in [9.17, 15) is 26.7 Å². The van der Waals surface area contributed by atoms with Crippen LogP contribution in [0.4, 0.5) is 22.0 Å². The van der Waals surface area contributed by atoms with Crippen LogP contribution in [0.2, 0.25) is 0 Å². The molecular weight excluding hydrogens is 311 g/mol. The van der Waals surface area contributed by atoms with Crippen molar-refractivity contribution in [2.45, 2.75) is 38.9 Å². The van der Waals surface area contributed by atoms with Crippen molar-refractivity contribution in [3.63, 3.8) is 0 Å². The Morgan fingerprint density at radius 3 is 2.41 bits per heavy atom. The van der Waals surface area contributed by atoms with E-state index in [1.807, 2.05) is 6.92 Å². The number of rotatable bonds is 3. The molecule has 0 aromatic carbocycles. The minimum Gasteiger partial charge on any atom is -0.385 e. The number of aldehydes is 1. The van der Waals surface area contributed by atoms with E-state index in [0.29, 0.717) is 4.68 Å². The number of carbonyl (C=O) groups is 1. The summed E-state index contributed by atoms with van der Waals surface area (Å²) in [5, 5.41) is 3.10. The average Bonchev–Trinajstić information content (AvgIpc) is 2.88. The maximum Gasteiger partial charge on any atom is 0.435 e. The van der Waals surface area contributed by atoms with Crippen LogP contribution in [0.1, 0.15) is 30.8 Å². The van der Waals surface area contributed by atoms with E-state index >= 15 is 0 Å². The molecular formula is C13H17F5N2O2. The molecule has 0 spiro atoms. The van der Waals surface area contributed by atoms with Crippen molar-refractivity contribution in [3.05, 3.63) is 17.0 Å². The van der Waals surface area contributed by atoms with Gasteiger partial charge in [0, 0.05) is 25.2 Å². The van der Waals surface area contributed by atoms with Gasteiger partial charge in [0.2, 0.25) is 0 Å². The summed E-state index contributed by atoms with van der Waals surface area (Å²) in [6.45, 7) is 3.34. The van der Waals surface area contributed by atoms with Gasteiger partial charge in [0.25, 0.3) is 5.92 Å². The van der Waals surface area contributed by atoms with Gasteiger partial charge in [-0.2, -0.15) is 27.1 Å². The van der Waals surface area contributed by atoms with E-state index < -0.39 is 47.9 Å². The number of fused-ring (bicyclic) bond motifs is 1. The molecule has 0 N–H and O–H groups in total. The molecule has 1 unspecified atom stereocenters. The highest BCUT2D eigenvalue weighted by Gasteiger charge is 2.53. The predicted molar refractivity (Wildman–Crippen MR) is 67.6 cm³/mol. The van der Waals surface area contributed by atoms with Gasteiger partial charge in [0.1, 0.15) is 12.0 Å². The summed E-state index contributed by atoms with van der Waals surface area (Å²) in [6.07, 6.45) is -4.94. The van der Waals surface area contributed by atoms with E-state index in [1.54, 1.807) is 7.11 Å². The average molecular weight is 328 g/mol. The monoisotopic (exact) mass is 328 g/mol. The van der Waals surface area contributed by atoms with Gasteiger partial charge in [-0.1, -0.05) is 6.92 Å². The zero-order valence-corrected chi connectivity index (χ0v) is 12.4. The summed E-state index contributed by atoms with van der Waals surface area (Å²) in [7, 11) is 1.68. The summed E-state index contributed by atoms with van der Waals surface area (Å²) in [5.74, 6) is -4.63. The van der Waals surface area contributed by atoms with E-state index in [-0.39, 0.29) is 6.29 Å². The molecule has 9 heteroatoms. The lowest BCUT2D eigenvalue weighted by molar-refractivity contribution is -0.142. The Morgan fingerprint density at radius 2 is 2.00 bits per heavy atom. The molecule has 0 radical (unpaired) electrons. The number of nitrogens with zero attached hydrogens (tertiary/aromatic N) is 2. The Morgan fingerprint density at radius 1 is 1.45 bits per heavy atom. The molecule has 1 aliphatic carbocycles. The molecule has 4 nitrogen and oxygen atoms in total. The van der Waals surface area contributed by atoms with Crippen LogP contribution in [0.25, 0.3) is 0 Å². The predicted octanol–water partition coefficient (Wildman–Crippen LogP) is 3.04. The fourth-order valence-electron chi connectivity index (χ4n) is 2.16. The zero-order chi connectivity index (χ0) is 17.1. The van der Waals surface area contributed by atoms with Crippen molar-refractivity contribution >= 4 is 6.29 Å². The number of alkyl halides is 5. The molecule has 1 atom stereocenters. The van der Waals surface area contributed by atoms with Crippen molar-refractivity contribution in [2.24, 2.45) is 5.92 Å². The summed E-state index contributed by atoms with van der Waals surface area (Å²) in [4.78, 5) is 10.3. The Labute approximate surface area is 124 Å². The first-order chi connectivity index (χ1) is 10.1. The molecule has 126 valence electrons. The third-order valence-electron chi connectivity index (χ3n) is 3.30. The number of carbonyl (C=O) groups excluding carboxylic acids is 1. The summed E-state index contributed by atoms with van der Waals surface area (Å²) >= 11 is 0. The number of methoxy groups -OCH3 is 1. The quantitative estimate of drug-likeness (QED) is 0.633. The molecule has 22 heavy (non-hydrogen) atoms. The summed E-state index contributed by atoms with van der Waals surface area (Å²) in [5.41, 5.74) is -2.60. The van der Waals surface area contributed by atoms with E-state index in [0.717, 1.165) is 6.61 Å². The van der Waals surface area contributed by atoms with Crippen molar-refractivity contribution in [1.82, 2.24) is 9.78 Å². The van der Waals surface area contributed by atoms with Crippen LogP contribution >= 0.6 is 0 Å². The van der Waals surface area contributed by atoms with Crippen molar-refractivity contribution in [1.29, 1.82) is 0 Å². The summed E-state index contributed by atoms with van der Waals surface area (Å²) in [6, 6.07) is 0. The molecule has 0 aliphatic heterocycles. The van der Waals surface area contributed by atoms with Crippen molar-refractivity contribution < 1.29 is 31.5 Å². The Bertz CT molecular complexity index is 523. The van der Waals surface area contributed by atoms with Crippen molar-refractivity contribution in [3.8, 4) is 0 Å². The molecule has 0 fully saturated rings. The standard InChI is InChI=1S/C10H9F5N2O.C3H8O/c1-5-4-6-7(10(13,14)15)16-17(2-3-18)8(6)9(5,11)12;1-3-4-2/h3,5H,2,4H2,1H3;3H2,1-2H3. The molecule has 0 saturated heterocycles.